The molecule has 0 fully saturated rings. The molecule has 0 bridgehead atoms. The number of pyridine rings is 1. The molecule has 0 atom stereocenters. The number of aryl methyl sites for hydroxylation is 4. The summed E-state index contributed by atoms with van der Waals surface area (Å²) in [6.45, 7) is 13.5. The Kier molecular flexibility index (Phi) is 3.36. The second-order valence-electron chi connectivity index (χ2n) is 6.59. The zero-order chi connectivity index (χ0) is 17.7. The second kappa shape index (κ2) is 5.46. The van der Waals surface area contributed by atoms with Gasteiger partial charge in [-0.05, 0) is 43.5 Å². The Labute approximate surface area is 147 Å². The maximum atomic E-state index is 7.41. The van der Waals surface area contributed by atoms with Crippen molar-refractivity contribution in [3.8, 4) is 11.3 Å². The summed E-state index contributed by atoms with van der Waals surface area (Å²) in [5.74, 6) is 0. The van der Waals surface area contributed by atoms with E-state index in [4.69, 9.17) is 11.0 Å². The van der Waals surface area contributed by atoms with Crippen LogP contribution in [0.5, 0.6) is 0 Å². The highest BCUT2D eigenvalue weighted by atomic mass is 16.3. The minimum atomic E-state index is 0.660. The van der Waals surface area contributed by atoms with Gasteiger partial charge in [0, 0.05) is 22.9 Å². The first-order valence-electron chi connectivity index (χ1n) is 8.31. The molecule has 2 aromatic heterocycles. The lowest BCUT2D eigenvalue weighted by Gasteiger charge is -2.05. The van der Waals surface area contributed by atoms with E-state index in [2.05, 4.69) is 34.5 Å². The summed E-state index contributed by atoms with van der Waals surface area (Å²) in [6.07, 6.45) is 2.05. The first-order chi connectivity index (χ1) is 12.0. The fraction of sp³-hybridized carbons (Fsp3) is 0.182. The Balaban J connectivity index is 2.21. The molecule has 0 saturated heterocycles. The number of hydrogen-bond donors (Lipinski definition) is 0. The predicted octanol–water partition coefficient (Wildman–Crippen LogP) is 5.55. The third-order valence-corrected chi connectivity index (χ3v) is 4.97. The zero-order valence-corrected chi connectivity index (χ0v) is 14.8. The first-order valence-corrected chi connectivity index (χ1v) is 8.31. The SMILES string of the molecule is [C-]#[N+]c1cc(C)c2c(oc3c(-c4cccc[n+]4C)c(C)ccc32)c1C. The largest absolute Gasteiger partial charge is 0.456 e. The van der Waals surface area contributed by atoms with E-state index in [1.165, 1.54) is 5.56 Å². The molecule has 4 rings (SSSR count). The van der Waals surface area contributed by atoms with Crippen LogP contribution >= 0.6 is 0 Å². The fourth-order valence-corrected chi connectivity index (χ4v) is 3.63. The lowest BCUT2D eigenvalue weighted by Crippen LogP contribution is -2.30. The van der Waals surface area contributed by atoms with Crippen molar-refractivity contribution in [1.82, 2.24) is 0 Å². The summed E-state index contributed by atoms with van der Waals surface area (Å²) in [7, 11) is 2.05. The molecule has 3 heteroatoms. The Bertz CT molecular complexity index is 1190. The molecule has 25 heavy (non-hydrogen) atoms. The van der Waals surface area contributed by atoms with Crippen LogP contribution in [-0.2, 0) is 7.05 Å². The topological polar surface area (TPSA) is 21.4 Å². The highest BCUT2D eigenvalue weighted by Crippen LogP contribution is 2.41. The number of aromatic nitrogens is 1. The smallest absolute Gasteiger partial charge is 0.216 e. The molecule has 2 heterocycles. The molecule has 2 aromatic carbocycles. The molecule has 3 nitrogen and oxygen atoms in total. The minimum Gasteiger partial charge on any atom is -0.456 e. The van der Waals surface area contributed by atoms with Crippen LogP contribution in [0, 0.1) is 27.3 Å². The highest BCUT2D eigenvalue weighted by molar-refractivity contribution is 6.12. The highest BCUT2D eigenvalue weighted by Gasteiger charge is 2.22. The van der Waals surface area contributed by atoms with Gasteiger partial charge in [0.15, 0.2) is 11.9 Å². The van der Waals surface area contributed by atoms with Crippen LogP contribution in [0.2, 0.25) is 0 Å². The van der Waals surface area contributed by atoms with E-state index >= 15 is 0 Å². The molecular formula is C22H19N2O+. The number of hydrogen-bond acceptors (Lipinski definition) is 1. The van der Waals surface area contributed by atoms with E-state index in [9.17, 15) is 0 Å². The maximum absolute atomic E-state index is 7.41. The quantitative estimate of drug-likeness (QED) is 0.331. The van der Waals surface area contributed by atoms with Crippen LogP contribution in [0.1, 0.15) is 16.7 Å². The average molecular weight is 327 g/mol. The van der Waals surface area contributed by atoms with Gasteiger partial charge in [-0.1, -0.05) is 18.2 Å². The van der Waals surface area contributed by atoms with Crippen LogP contribution in [-0.4, -0.2) is 0 Å². The molecule has 0 aliphatic carbocycles. The number of benzene rings is 2. The Morgan fingerprint density at radius 3 is 2.52 bits per heavy atom. The lowest BCUT2D eigenvalue weighted by molar-refractivity contribution is -0.660. The van der Waals surface area contributed by atoms with Crippen molar-refractivity contribution in [2.45, 2.75) is 20.8 Å². The monoisotopic (exact) mass is 327 g/mol. The van der Waals surface area contributed by atoms with Crippen molar-refractivity contribution >= 4 is 27.6 Å². The summed E-state index contributed by atoms with van der Waals surface area (Å²) in [4.78, 5) is 3.65. The Morgan fingerprint density at radius 1 is 1.00 bits per heavy atom. The van der Waals surface area contributed by atoms with E-state index in [0.29, 0.717) is 5.69 Å². The van der Waals surface area contributed by atoms with E-state index < -0.39 is 0 Å². The molecule has 0 spiro atoms. The van der Waals surface area contributed by atoms with Gasteiger partial charge in [0.25, 0.3) is 0 Å². The molecule has 0 radical (unpaired) electrons. The van der Waals surface area contributed by atoms with Crippen molar-refractivity contribution < 1.29 is 8.98 Å². The van der Waals surface area contributed by atoms with E-state index in [1.807, 2.05) is 45.3 Å². The van der Waals surface area contributed by atoms with Gasteiger partial charge < -0.3 is 4.42 Å². The van der Waals surface area contributed by atoms with Gasteiger partial charge in [-0.2, -0.15) is 0 Å². The fourth-order valence-electron chi connectivity index (χ4n) is 3.63. The minimum absolute atomic E-state index is 0.660. The summed E-state index contributed by atoms with van der Waals surface area (Å²) in [6, 6.07) is 12.4. The molecule has 0 amide bonds. The van der Waals surface area contributed by atoms with Crippen LogP contribution in [0.25, 0.3) is 38.0 Å². The molecule has 0 unspecified atom stereocenters. The summed E-state index contributed by atoms with van der Waals surface area (Å²) in [5.41, 5.74) is 7.77. The van der Waals surface area contributed by atoms with Crippen molar-refractivity contribution in [3.63, 3.8) is 0 Å². The van der Waals surface area contributed by atoms with Crippen molar-refractivity contribution in [1.29, 1.82) is 0 Å². The third-order valence-electron chi connectivity index (χ3n) is 4.97. The van der Waals surface area contributed by atoms with E-state index in [0.717, 1.165) is 44.3 Å². The first kappa shape index (κ1) is 15.4. The molecule has 0 aliphatic heterocycles. The standard InChI is InChI=1S/C22H19N2O/c1-13-9-10-16-19-14(2)12-17(23-4)15(3)21(19)25-22(16)20(13)18-8-6-7-11-24(18)5/h6-12H,1-3,5H3/q+1. The van der Waals surface area contributed by atoms with Gasteiger partial charge in [-0.25, -0.2) is 9.41 Å². The van der Waals surface area contributed by atoms with Crippen molar-refractivity contribution in [2.24, 2.45) is 7.05 Å². The van der Waals surface area contributed by atoms with Crippen molar-refractivity contribution in [2.75, 3.05) is 0 Å². The number of rotatable bonds is 1. The number of fused-ring (bicyclic) bond motifs is 3. The van der Waals surface area contributed by atoms with Gasteiger partial charge in [-0.3, -0.25) is 0 Å². The molecule has 0 saturated carbocycles. The molecule has 122 valence electrons. The van der Waals surface area contributed by atoms with Gasteiger partial charge >= 0.3 is 0 Å². The number of furan rings is 1. The molecule has 4 aromatic rings. The predicted molar refractivity (Wildman–Crippen MR) is 101 cm³/mol. The molecule has 0 aliphatic rings. The summed E-state index contributed by atoms with van der Waals surface area (Å²) < 4.78 is 8.48. The van der Waals surface area contributed by atoms with E-state index in [1.54, 1.807) is 0 Å². The second-order valence-corrected chi connectivity index (χ2v) is 6.59. The van der Waals surface area contributed by atoms with Gasteiger partial charge in [0.1, 0.15) is 18.2 Å². The van der Waals surface area contributed by atoms with Gasteiger partial charge in [-0.15, -0.1) is 0 Å². The van der Waals surface area contributed by atoms with Crippen LogP contribution in [0.15, 0.2) is 47.0 Å². The Morgan fingerprint density at radius 2 is 1.80 bits per heavy atom. The van der Waals surface area contributed by atoms with Gasteiger partial charge in [0.2, 0.25) is 5.69 Å². The zero-order valence-electron chi connectivity index (χ0n) is 14.8. The molecule has 0 N–H and O–H groups in total. The number of nitrogens with zero attached hydrogens (tertiary/aromatic N) is 2. The summed E-state index contributed by atoms with van der Waals surface area (Å²) in [5, 5.41) is 2.22. The third kappa shape index (κ3) is 2.15. The molecular weight excluding hydrogens is 308 g/mol. The Hall–Kier alpha value is -3.12. The maximum Gasteiger partial charge on any atom is 0.216 e. The van der Waals surface area contributed by atoms with Crippen molar-refractivity contribution in [3.05, 3.63) is 70.7 Å². The summed E-state index contributed by atoms with van der Waals surface area (Å²) >= 11 is 0. The van der Waals surface area contributed by atoms with Gasteiger partial charge in [0.05, 0.1) is 12.1 Å². The van der Waals surface area contributed by atoms with Crippen LogP contribution in [0.4, 0.5) is 5.69 Å². The van der Waals surface area contributed by atoms with Crippen LogP contribution in [0.3, 0.4) is 0 Å². The normalized spacial score (nSPS) is 11.2. The lowest BCUT2D eigenvalue weighted by atomic mass is 9.98. The van der Waals surface area contributed by atoms with Crippen LogP contribution < -0.4 is 4.57 Å². The van der Waals surface area contributed by atoms with E-state index in [-0.39, 0.29) is 0 Å². The average Bonchev–Trinajstić information content (AvgIpc) is 2.99.